The second-order valence-corrected chi connectivity index (χ2v) is 5.73. The van der Waals surface area contributed by atoms with Gasteiger partial charge in [-0.05, 0) is 0 Å². The summed E-state index contributed by atoms with van der Waals surface area (Å²) in [5.74, 6) is 1.04. The first-order chi connectivity index (χ1) is 9.32. The van der Waals surface area contributed by atoms with Crippen LogP contribution in [0.1, 0.15) is 26.6 Å². The molecule has 2 N–H and O–H groups in total. The van der Waals surface area contributed by atoms with Gasteiger partial charge in [-0.15, -0.1) is 0 Å². The van der Waals surface area contributed by atoms with Crippen LogP contribution < -0.4 is 10.6 Å². The summed E-state index contributed by atoms with van der Waals surface area (Å²) in [5, 5.41) is 6.00. The number of hydrogen-bond acceptors (Lipinski definition) is 5. The average molecular weight is 301 g/mol. The number of carbonyl (C=O) groups excluding carboxylic acids is 1. The molecular formula is C13H21ClN4O2. The van der Waals surface area contributed by atoms with Gasteiger partial charge in [0.15, 0.2) is 0 Å². The van der Waals surface area contributed by atoms with Crippen LogP contribution in [0.3, 0.4) is 0 Å². The molecule has 0 radical (unpaired) electrons. The van der Waals surface area contributed by atoms with E-state index in [2.05, 4.69) is 20.6 Å². The first kappa shape index (κ1) is 16.7. The molecule has 1 heterocycles. The molecule has 1 aromatic rings. The van der Waals surface area contributed by atoms with Crippen molar-refractivity contribution < 1.29 is 9.53 Å². The monoisotopic (exact) mass is 300 g/mol. The largest absolute Gasteiger partial charge is 0.383 e. The van der Waals surface area contributed by atoms with Gasteiger partial charge in [-0.3, -0.25) is 4.79 Å². The zero-order chi connectivity index (χ0) is 15.2. The minimum absolute atomic E-state index is 0.126. The van der Waals surface area contributed by atoms with E-state index in [1.807, 2.05) is 20.8 Å². The van der Waals surface area contributed by atoms with Crippen molar-refractivity contribution in [2.45, 2.75) is 26.2 Å². The van der Waals surface area contributed by atoms with E-state index < -0.39 is 0 Å². The number of rotatable bonds is 6. The zero-order valence-electron chi connectivity index (χ0n) is 12.3. The maximum atomic E-state index is 11.6. The van der Waals surface area contributed by atoms with E-state index in [-0.39, 0.29) is 17.9 Å². The van der Waals surface area contributed by atoms with E-state index in [4.69, 9.17) is 16.3 Å². The molecule has 0 saturated heterocycles. The molecule has 0 aliphatic carbocycles. The van der Waals surface area contributed by atoms with Crippen molar-refractivity contribution in [2.24, 2.45) is 0 Å². The molecule has 1 amide bonds. The van der Waals surface area contributed by atoms with E-state index in [1.54, 1.807) is 13.2 Å². The molecule has 0 unspecified atom stereocenters. The molecule has 0 spiro atoms. The number of amides is 1. The van der Waals surface area contributed by atoms with E-state index in [1.165, 1.54) is 0 Å². The SMILES string of the molecule is COCCNC(=O)CNc1cc(Cl)nc(C(C)(C)C)n1. The molecule has 0 fully saturated rings. The second-order valence-electron chi connectivity index (χ2n) is 5.35. The minimum atomic E-state index is -0.206. The van der Waals surface area contributed by atoms with Crippen molar-refractivity contribution in [2.75, 3.05) is 32.1 Å². The van der Waals surface area contributed by atoms with Gasteiger partial charge in [0.2, 0.25) is 5.91 Å². The summed E-state index contributed by atoms with van der Waals surface area (Å²) in [7, 11) is 1.58. The number of aromatic nitrogens is 2. The lowest BCUT2D eigenvalue weighted by molar-refractivity contribution is -0.119. The average Bonchev–Trinajstić information content (AvgIpc) is 2.35. The highest BCUT2D eigenvalue weighted by atomic mass is 35.5. The Bertz CT molecular complexity index is 460. The predicted octanol–water partition coefficient (Wildman–Crippen LogP) is 1.60. The molecule has 0 saturated carbocycles. The third-order valence-electron chi connectivity index (χ3n) is 2.42. The van der Waals surface area contributed by atoms with Gasteiger partial charge in [-0.2, -0.15) is 0 Å². The Morgan fingerprint density at radius 3 is 2.70 bits per heavy atom. The quantitative estimate of drug-likeness (QED) is 0.616. The maximum absolute atomic E-state index is 11.6. The lowest BCUT2D eigenvalue weighted by Gasteiger charge is -2.17. The van der Waals surface area contributed by atoms with Gasteiger partial charge in [0.1, 0.15) is 16.8 Å². The summed E-state index contributed by atoms with van der Waals surface area (Å²) < 4.78 is 4.85. The van der Waals surface area contributed by atoms with Crippen molar-refractivity contribution in [3.8, 4) is 0 Å². The summed E-state index contributed by atoms with van der Waals surface area (Å²) >= 11 is 5.97. The van der Waals surface area contributed by atoms with Gasteiger partial charge in [0.25, 0.3) is 0 Å². The molecule has 7 heteroatoms. The van der Waals surface area contributed by atoms with Crippen LogP contribution in [0, 0.1) is 0 Å². The normalized spacial score (nSPS) is 11.2. The minimum Gasteiger partial charge on any atom is -0.383 e. The summed E-state index contributed by atoms with van der Waals surface area (Å²) in [6, 6.07) is 1.60. The third-order valence-corrected chi connectivity index (χ3v) is 2.62. The number of anilines is 1. The summed E-state index contributed by atoms with van der Waals surface area (Å²) in [5.41, 5.74) is -0.206. The molecule has 0 bridgehead atoms. The van der Waals surface area contributed by atoms with Gasteiger partial charge < -0.3 is 15.4 Å². The Morgan fingerprint density at radius 1 is 1.40 bits per heavy atom. The highest BCUT2D eigenvalue weighted by Crippen LogP contribution is 2.21. The lowest BCUT2D eigenvalue weighted by atomic mass is 9.96. The standard InChI is InChI=1S/C13H21ClN4O2/c1-13(2,3)12-17-9(14)7-10(18-12)16-8-11(19)15-5-6-20-4/h7H,5-6,8H2,1-4H3,(H,15,19)(H,16,17,18). The number of carbonyl (C=O) groups is 1. The number of hydrogen-bond donors (Lipinski definition) is 2. The van der Waals surface area contributed by atoms with E-state index >= 15 is 0 Å². The van der Waals surface area contributed by atoms with E-state index in [0.717, 1.165) is 0 Å². The number of nitrogens with one attached hydrogen (secondary N) is 2. The predicted molar refractivity (Wildman–Crippen MR) is 79.1 cm³/mol. The molecular weight excluding hydrogens is 280 g/mol. The van der Waals surface area contributed by atoms with E-state index in [9.17, 15) is 4.79 Å². The molecule has 112 valence electrons. The fourth-order valence-electron chi connectivity index (χ4n) is 1.37. The fraction of sp³-hybridized carbons (Fsp3) is 0.615. The van der Waals surface area contributed by atoms with Crippen molar-refractivity contribution in [3.05, 3.63) is 17.0 Å². The number of halogens is 1. The highest BCUT2D eigenvalue weighted by Gasteiger charge is 2.18. The molecule has 0 aliphatic rings. The van der Waals surface area contributed by atoms with Crippen LogP contribution in [0.15, 0.2) is 6.07 Å². The Hall–Kier alpha value is -1.40. The zero-order valence-corrected chi connectivity index (χ0v) is 13.0. The van der Waals surface area contributed by atoms with Crippen LogP contribution in [0.2, 0.25) is 5.15 Å². The molecule has 20 heavy (non-hydrogen) atoms. The lowest BCUT2D eigenvalue weighted by Crippen LogP contribution is -2.32. The molecule has 1 aromatic heterocycles. The number of ether oxygens (including phenoxy) is 1. The highest BCUT2D eigenvalue weighted by molar-refractivity contribution is 6.29. The Labute approximate surface area is 124 Å². The van der Waals surface area contributed by atoms with Crippen molar-refractivity contribution in [1.82, 2.24) is 15.3 Å². The van der Waals surface area contributed by atoms with Crippen LogP contribution in [0.25, 0.3) is 0 Å². The maximum Gasteiger partial charge on any atom is 0.239 e. The van der Waals surface area contributed by atoms with Gasteiger partial charge >= 0.3 is 0 Å². The molecule has 0 aromatic carbocycles. The van der Waals surface area contributed by atoms with Crippen LogP contribution in [-0.4, -0.2) is 42.7 Å². The van der Waals surface area contributed by atoms with E-state index in [0.29, 0.717) is 29.9 Å². The van der Waals surface area contributed by atoms with Gasteiger partial charge in [0, 0.05) is 25.1 Å². The number of nitrogens with zero attached hydrogens (tertiary/aromatic N) is 2. The van der Waals surface area contributed by atoms with Crippen LogP contribution in [-0.2, 0) is 14.9 Å². The fourth-order valence-corrected chi connectivity index (χ4v) is 1.55. The first-order valence-electron chi connectivity index (χ1n) is 6.37. The summed E-state index contributed by atoms with van der Waals surface area (Å²) in [4.78, 5) is 20.1. The Balaban J connectivity index is 2.60. The second kappa shape index (κ2) is 7.40. The van der Waals surface area contributed by atoms with Crippen molar-refractivity contribution in [3.63, 3.8) is 0 Å². The molecule has 0 atom stereocenters. The van der Waals surface area contributed by atoms with Crippen molar-refractivity contribution in [1.29, 1.82) is 0 Å². The van der Waals surface area contributed by atoms with Crippen LogP contribution in [0.5, 0.6) is 0 Å². The third kappa shape index (κ3) is 5.71. The van der Waals surface area contributed by atoms with Gasteiger partial charge in [0.05, 0.1) is 13.2 Å². The molecule has 6 nitrogen and oxygen atoms in total. The summed E-state index contributed by atoms with van der Waals surface area (Å²) in [6.07, 6.45) is 0. The molecule has 0 aliphatic heterocycles. The van der Waals surface area contributed by atoms with Gasteiger partial charge in [-0.25, -0.2) is 9.97 Å². The molecule has 1 rings (SSSR count). The first-order valence-corrected chi connectivity index (χ1v) is 6.75. The van der Waals surface area contributed by atoms with Gasteiger partial charge in [-0.1, -0.05) is 32.4 Å². The Kier molecular flexibility index (Phi) is 6.16. The van der Waals surface area contributed by atoms with Crippen LogP contribution in [0.4, 0.5) is 5.82 Å². The topological polar surface area (TPSA) is 76.1 Å². The summed E-state index contributed by atoms with van der Waals surface area (Å²) in [6.45, 7) is 7.09. The smallest absolute Gasteiger partial charge is 0.239 e. The van der Waals surface area contributed by atoms with Crippen molar-refractivity contribution >= 4 is 23.3 Å². The Morgan fingerprint density at radius 2 is 2.10 bits per heavy atom. The number of methoxy groups -OCH3 is 1. The van der Waals surface area contributed by atoms with Crippen LogP contribution >= 0.6 is 11.6 Å².